The molecule has 0 aliphatic rings. The summed E-state index contributed by atoms with van der Waals surface area (Å²) in [7, 11) is 1.64. The number of pyridine rings is 1. The highest BCUT2D eigenvalue weighted by Crippen LogP contribution is 2.28. The number of aromatic nitrogens is 1. The van der Waals surface area contributed by atoms with E-state index in [1.807, 2.05) is 60.7 Å². The van der Waals surface area contributed by atoms with Gasteiger partial charge in [0.05, 0.1) is 23.5 Å². The maximum absolute atomic E-state index is 12.9. The van der Waals surface area contributed by atoms with E-state index in [0.29, 0.717) is 17.7 Å². The van der Waals surface area contributed by atoms with Gasteiger partial charge in [-0.15, -0.1) is 0 Å². The van der Waals surface area contributed by atoms with Gasteiger partial charge in [0.2, 0.25) is 0 Å². The molecule has 0 N–H and O–H groups in total. The van der Waals surface area contributed by atoms with Gasteiger partial charge < -0.3 is 9.30 Å². The molecule has 0 saturated heterocycles. The van der Waals surface area contributed by atoms with Crippen LogP contribution in [0.5, 0.6) is 5.75 Å². The minimum atomic E-state index is 0.0452. The van der Waals surface area contributed by atoms with E-state index < -0.39 is 0 Å². The summed E-state index contributed by atoms with van der Waals surface area (Å²) in [6, 6.07) is 23.6. The fourth-order valence-corrected chi connectivity index (χ4v) is 3.25. The fourth-order valence-electron chi connectivity index (χ4n) is 3.25. The quantitative estimate of drug-likeness (QED) is 0.530. The van der Waals surface area contributed by atoms with Crippen LogP contribution >= 0.6 is 0 Å². The predicted molar refractivity (Wildman–Crippen MR) is 97.8 cm³/mol. The number of para-hydroxylation sites is 2. The number of ether oxygens (including phenoxy) is 1. The first kappa shape index (κ1) is 14.5. The molecule has 0 aliphatic heterocycles. The lowest BCUT2D eigenvalue weighted by molar-refractivity contribution is 0.417. The highest BCUT2D eigenvalue weighted by molar-refractivity contribution is 5.96. The minimum Gasteiger partial charge on any atom is -0.495 e. The third kappa shape index (κ3) is 2.26. The van der Waals surface area contributed by atoms with Crippen LogP contribution in [0.15, 0.2) is 77.6 Å². The van der Waals surface area contributed by atoms with Crippen molar-refractivity contribution in [2.24, 2.45) is 0 Å². The molecule has 1 heterocycles. The Balaban J connectivity index is 2.14. The van der Waals surface area contributed by atoms with Gasteiger partial charge in [0.15, 0.2) is 5.43 Å². The van der Waals surface area contributed by atoms with E-state index >= 15 is 0 Å². The molecule has 3 nitrogen and oxygen atoms in total. The largest absolute Gasteiger partial charge is 0.495 e. The van der Waals surface area contributed by atoms with Crippen molar-refractivity contribution in [1.82, 2.24) is 4.57 Å². The summed E-state index contributed by atoms with van der Waals surface area (Å²) < 4.78 is 7.72. The predicted octanol–water partition coefficient (Wildman–Crippen LogP) is 4.21. The smallest absolute Gasteiger partial charge is 0.197 e. The van der Waals surface area contributed by atoms with Crippen LogP contribution in [0.25, 0.3) is 21.8 Å². The van der Waals surface area contributed by atoms with E-state index in [0.717, 1.165) is 16.4 Å². The lowest BCUT2D eigenvalue weighted by Crippen LogP contribution is -2.13. The second-order valence-corrected chi connectivity index (χ2v) is 5.77. The number of benzene rings is 3. The first-order chi connectivity index (χ1) is 11.8. The van der Waals surface area contributed by atoms with Crippen molar-refractivity contribution in [1.29, 1.82) is 0 Å². The molecular formula is C21H17NO2. The first-order valence-corrected chi connectivity index (χ1v) is 7.92. The van der Waals surface area contributed by atoms with E-state index in [9.17, 15) is 4.79 Å². The number of fused-ring (bicyclic) bond motifs is 2. The van der Waals surface area contributed by atoms with Gasteiger partial charge in [0.1, 0.15) is 5.75 Å². The van der Waals surface area contributed by atoms with Crippen molar-refractivity contribution in [2.75, 3.05) is 7.11 Å². The lowest BCUT2D eigenvalue weighted by atomic mass is 10.1. The third-order valence-corrected chi connectivity index (χ3v) is 4.36. The molecule has 3 aromatic carbocycles. The summed E-state index contributed by atoms with van der Waals surface area (Å²) >= 11 is 0. The van der Waals surface area contributed by atoms with Crippen molar-refractivity contribution >= 4 is 21.8 Å². The van der Waals surface area contributed by atoms with Crippen LogP contribution in [0.2, 0.25) is 0 Å². The van der Waals surface area contributed by atoms with Crippen LogP contribution in [0, 0.1) is 0 Å². The van der Waals surface area contributed by atoms with Gasteiger partial charge in [0.25, 0.3) is 0 Å². The molecule has 0 atom stereocenters. The van der Waals surface area contributed by atoms with Crippen LogP contribution < -0.4 is 10.2 Å². The van der Waals surface area contributed by atoms with Crippen molar-refractivity contribution in [3.05, 3.63) is 88.6 Å². The average molecular weight is 315 g/mol. The Kier molecular flexibility index (Phi) is 3.54. The molecule has 0 amide bonds. The van der Waals surface area contributed by atoms with Gasteiger partial charge in [-0.25, -0.2) is 0 Å². The van der Waals surface area contributed by atoms with E-state index in [1.165, 1.54) is 5.56 Å². The Morgan fingerprint density at radius 2 is 1.54 bits per heavy atom. The molecule has 0 bridgehead atoms. The van der Waals surface area contributed by atoms with Crippen molar-refractivity contribution in [2.45, 2.75) is 6.54 Å². The van der Waals surface area contributed by atoms with Crippen molar-refractivity contribution in [3.8, 4) is 5.75 Å². The van der Waals surface area contributed by atoms with E-state index in [1.54, 1.807) is 7.11 Å². The van der Waals surface area contributed by atoms with Crippen LogP contribution in [0.3, 0.4) is 0 Å². The van der Waals surface area contributed by atoms with Gasteiger partial charge in [0, 0.05) is 11.9 Å². The number of hydrogen-bond donors (Lipinski definition) is 0. The van der Waals surface area contributed by atoms with E-state index in [-0.39, 0.29) is 5.43 Å². The summed E-state index contributed by atoms with van der Waals surface area (Å²) in [6.45, 7) is 0.679. The standard InChI is InChI=1S/C21H17NO2/c1-24-19-13-7-11-17-20(19)22(14-15-8-3-2-4-9-15)18-12-6-5-10-16(18)21(17)23/h2-13H,14H2,1H3. The topological polar surface area (TPSA) is 31.2 Å². The molecule has 118 valence electrons. The van der Waals surface area contributed by atoms with Gasteiger partial charge in [-0.05, 0) is 29.8 Å². The Hall–Kier alpha value is -3.07. The number of methoxy groups -OCH3 is 1. The van der Waals surface area contributed by atoms with Crippen molar-refractivity contribution < 1.29 is 4.74 Å². The second-order valence-electron chi connectivity index (χ2n) is 5.77. The van der Waals surface area contributed by atoms with Crippen molar-refractivity contribution in [3.63, 3.8) is 0 Å². The monoisotopic (exact) mass is 315 g/mol. The van der Waals surface area contributed by atoms with Crippen LogP contribution in [0.1, 0.15) is 5.56 Å². The summed E-state index contributed by atoms with van der Waals surface area (Å²) in [5, 5.41) is 1.41. The Labute approximate surface area is 139 Å². The molecule has 0 fully saturated rings. The highest BCUT2D eigenvalue weighted by atomic mass is 16.5. The van der Waals surface area contributed by atoms with E-state index in [2.05, 4.69) is 16.7 Å². The maximum atomic E-state index is 12.9. The molecule has 0 aliphatic carbocycles. The SMILES string of the molecule is COc1cccc2c(=O)c3ccccc3n(Cc3ccccc3)c12. The Morgan fingerprint density at radius 1 is 0.833 bits per heavy atom. The zero-order valence-corrected chi connectivity index (χ0v) is 13.4. The van der Waals surface area contributed by atoms with Gasteiger partial charge in [-0.3, -0.25) is 4.79 Å². The second kappa shape index (κ2) is 5.85. The molecule has 0 radical (unpaired) electrons. The fraction of sp³-hybridized carbons (Fsp3) is 0.0952. The zero-order chi connectivity index (χ0) is 16.5. The van der Waals surface area contributed by atoms with Crippen LogP contribution in [-0.4, -0.2) is 11.7 Å². The van der Waals surface area contributed by atoms with Gasteiger partial charge in [-0.2, -0.15) is 0 Å². The van der Waals surface area contributed by atoms with Crippen LogP contribution in [0.4, 0.5) is 0 Å². The number of hydrogen-bond acceptors (Lipinski definition) is 2. The minimum absolute atomic E-state index is 0.0452. The summed E-state index contributed by atoms with van der Waals surface area (Å²) in [4.78, 5) is 12.9. The summed E-state index contributed by atoms with van der Waals surface area (Å²) in [6.07, 6.45) is 0. The number of rotatable bonds is 3. The normalized spacial score (nSPS) is 11.0. The summed E-state index contributed by atoms with van der Waals surface area (Å²) in [5.41, 5.74) is 2.98. The van der Waals surface area contributed by atoms with E-state index in [4.69, 9.17) is 4.74 Å². The zero-order valence-electron chi connectivity index (χ0n) is 13.4. The Morgan fingerprint density at radius 3 is 2.33 bits per heavy atom. The molecule has 0 saturated carbocycles. The molecule has 4 aromatic rings. The Bertz CT molecular complexity index is 1080. The maximum Gasteiger partial charge on any atom is 0.197 e. The molecular weight excluding hydrogens is 298 g/mol. The first-order valence-electron chi connectivity index (χ1n) is 7.92. The lowest BCUT2D eigenvalue weighted by Gasteiger charge is -2.17. The molecule has 24 heavy (non-hydrogen) atoms. The van der Waals surface area contributed by atoms with Crippen LogP contribution in [-0.2, 0) is 6.54 Å². The molecule has 0 spiro atoms. The third-order valence-electron chi connectivity index (χ3n) is 4.36. The van der Waals surface area contributed by atoms with Gasteiger partial charge >= 0.3 is 0 Å². The molecule has 4 rings (SSSR count). The molecule has 0 unspecified atom stereocenters. The summed E-state index contributed by atoms with van der Waals surface area (Å²) in [5.74, 6) is 0.714. The number of nitrogens with zero attached hydrogens (tertiary/aromatic N) is 1. The van der Waals surface area contributed by atoms with Gasteiger partial charge in [-0.1, -0.05) is 48.5 Å². The average Bonchev–Trinajstić information content (AvgIpc) is 2.65. The molecule has 1 aromatic heterocycles. The molecule has 3 heteroatoms. The highest BCUT2D eigenvalue weighted by Gasteiger charge is 2.14.